The van der Waals surface area contributed by atoms with Crippen LogP contribution in [0.1, 0.15) is 24.6 Å². The Morgan fingerprint density at radius 3 is 2.64 bits per heavy atom. The molecule has 0 radical (unpaired) electrons. The van der Waals surface area contributed by atoms with Gasteiger partial charge in [0.1, 0.15) is 16.0 Å². The highest BCUT2D eigenvalue weighted by Gasteiger charge is 2.05. The first-order chi connectivity index (χ1) is 4.84. The first kappa shape index (κ1) is 11.0. The molecule has 0 N–H and O–H groups in total. The predicted octanol–water partition coefficient (Wildman–Crippen LogP) is 0.548. The van der Waals surface area contributed by atoms with Crippen LogP contribution in [0.15, 0.2) is 17.5 Å². The fourth-order valence-electron chi connectivity index (χ4n) is 0.993. The fraction of sp³-hybridized carbons (Fsp3) is 0.556. The van der Waals surface area contributed by atoms with Crippen LogP contribution in [-0.2, 0) is 5.75 Å². The first-order valence-corrected chi connectivity index (χ1v) is 5.35. The minimum absolute atomic E-state index is 0. The Balaban J connectivity index is 0.000001000. The maximum absolute atomic E-state index is 2.34. The summed E-state index contributed by atoms with van der Waals surface area (Å²) in [6.07, 6.45) is 2.70. The Hall–Kier alpha value is -0.0100. The smallest absolute Gasteiger partial charge is 0.147 e. The van der Waals surface area contributed by atoms with E-state index in [1.165, 1.54) is 18.6 Å². The summed E-state index contributed by atoms with van der Waals surface area (Å²) in [6.45, 7) is 4.49. The molecule has 0 amide bonds. The lowest BCUT2D eigenvalue weighted by atomic mass is 10.4. The lowest BCUT2D eigenvalue weighted by Crippen LogP contribution is -3.00. The molecule has 0 spiro atoms. The maximum Gasteiger partial charge on any atom is 0.147 e. The van der Waals surface area contributed by atoms with Crippen LogP contribution < -0.4 is 12.4 Å². The number of rotatable bonds is 3. The van der Waals surface area contributed by atoms with Crippen molar-refractivity contribution < 1.29 is 12.4 Å². The Bertz CT molecular complexity index is 193. The topological polar surface area (TPSA) is 0 Å². The van der Waals surface area contributed by atoms with Gasteiger partial charge in [-0.15, -0.1) is 0 Å². The van der Waals surface area contributed by atoms with Gasteiger partial charge < -0.3 is 12.4 Å². The zero-order valence-electron chi connectivity index (χ0n) is 7.14. The van der Waals surface area contributed by atoms with E-state index in [0.29, 0.717) is 10.5 Å². The monoisotopic (exact) mass is 190 g/mol. The summed E-state index contributed by atoms with van der Waals surface area (Å²) in [6, 6.07) is 4.42. The van der Waals surface area contributed by atoms with Crippen molar-refractivity contribution >= 4 is 10.5 Å². The van der Waals surface area contributed by atoms with Crippen LogP contribution in [0.4, 0.5) is 0 Å². The van der Waals surface area contributed by atoms with Gasteiger partial charge in [0.15, 0.2) is 0 Å². The number of halogens is 1. The summed E-state index contributed by atoms with van der Waals surface area (Å²) >= 11 is 0. The molecule has 0 aliphatic carbocycles. The maximum atomic E-state index is 2.34. The third-order valence-electron chi connectivity index (χ3n) is 1.71. The van der Waals surface area contributed by atoms with Crippen molar-refractivity contribution in [2.45, 2.75) is 32.4 Å². The highest BCUT2D eigenvalue weighted by Crippen LogP contribution is 2.25. The molecule has 1 atom stereocenters. The molecule has 11 heavy (non-hydrogen) atoms. The van der Waals surface area contributed by atoms with E-state index in [0.717, 1.165) is 0 Å². The molecule has 0 saturated heterocycles. The third-order valence-corrected chi connectivity index (χ3v) is 3.88. The molecule has 1 unspecified atom stereocenters. The van der Waals surface area contributed by atoms with Gasteiger partial charge in [-0.3, -0.25) is 0 Å². The lowest BCUT2D eigenvalue weighted by Gasteiger charge is -1.87. The Labute approximate surface area is 78.0 Å². The highest BCUT2D eigenvalue weighted by atomic mass is 35.5. The zero-order valence-corrected chi connectivity index (χ0v) is 8.71. The second-order valence-corrected chi connectivity index (χ2v) is 4.77. The molecule has 1 aromatic heterocycles. The minimum Gasteiger partial charge on any atom is -1.00 e. The van der Waals surface area contributed by atoms with E-state index < -0.39 is 0 Å². The summed E-state index contributed by atoms with van der Waals surface area (Å²) in [5.41, 5.74) is 0. The van der Waals surface area contributed by atoms with Gasteiger partial charge in [-0.05, 0) is 29.0 Å². The number of hydrogen-bond acceptors (Lipinski definition) is 0. The summed E-state index contributed by atoms with van der Waals surface area (Å²) in [5.74, 6) is 1.37. The number of unbranched alkanes of at least 4 members (excludes halogenated alkanes) is 1. The molecule has 64 valence electrons. The predicted molar refractivity (Wildman–Crippen MR) is 48.6 cm³/mol. The third kappa shape index (κ3) is 3.26. The van der Waals surface area contributed by atoms with Crippen LogP contribution in [0.2, 0.25) is 0 Å². The van der Waals surface area contributed by atoms with E-state index in [2.05, 4.69) is 31.4 Å². The quantitative estimate of drug-likeness (QED) is 0.611. The molecule has 0 aliphatic heterocycles. The first-order valence-electron chi connectivity index (χ1n) is 3.89. The van der Waals surface area contributed by atoms with E-state index in [1.54, 1.807) is 4.88 Å². The highest BCUT2D eigenvalue weighted by molar-refractivity contribution is 7.29. The Morgan fingerprint density at radius 1 is 1.45 bits per heavy atom. The number of hydrogen-bond donors (Lipinski definition) is 0. The second kappa shape index (κ2) is 5.62. The van der Waals surface area contributed by atoms with Gasteiger partial charge in [-0.25, -0.2) is 0 Å². The molecule has 1 aromatic rings. The van der Waals surface area contributed by atoms with E-state index >= 15 is 0 Å². The molecule has 1 heterocycles. The van der Waals surface area contributed by atoms with Crippen molar-refractivity contribution in [3.8, 4) is 0 Å². The van der Waals surface area contributed by atoms with Crippen LogP contribution in [0.3, 0.4) is 0 Å². The van der Waals surface area contributed by atoms with Gasteiger partial charge in [0.05, 0.1) is 0 Å². The van der Waals surface area contributed by atoms with Gasteiger partial charge in [0, 0.05) is 6.92 Å². The molecule has 0 saturated carbocycles. The largest absolute Gasteiger partial charge is 1.00 e. The summed E-state index contributed by atoms with van der Waals surface area (Å²) < 4.78 is 0. The van der Waals surface area contributed by atoms with Crippen LogP contribution in [0.5, 0.6) is 0 Å². The normalized spacial score (nSPS) is 10.9. The van der Waals surface area contributed by atoms with E-state index in [-0.39, 0.29) is 12.4 Å². The molecular formula is C9H15ClS. The van der Waals surface area contributed by atoms with Gasteiger partial charge in [-0.1, -0.05) is 13.3 Å². The Kier molecular flexibility index (Phi) is 5.61. The van der Waals surface area contributed by atoms with Crippen molar-refractivity contribution in [2.24, 2.45) is 0 Å². The molecule has 0 bridgehead atoms. The average molecular weight is 191 g/mol. The van der Waals surface area contributed by atoms with Crippen molar-refractivity contribution in [3.05, 3.63) is 22.4 Å². The molecule has 0 aromatic carbocycles. The number of thiophene rings is 1. The summed E-state index contributed by atoms with van der Waals surface area (Å²) in [5, 5.41) is 2.34. The van der Waals surface area contributed by atoms with Crippen molar-refractivity contribution in [3.63, 3.8) is 0 Å². The minimum atomic E-state index is 0. The van der Waals surface area contributed by atoms with E-state index in [4.69, 9.17) is 0 Å². The molecule has 1 rings (SSSR count). The molecule has 0 fully saturated rings. The van der Waals surface area contributed by atoms with Crippen LogP contribution in [-0.4, -0.2) is 0 Å². The zero-order chi connectivity index (χ0) is 7.40. The van der Waals surface area contributed by atoms with Gasteiger partial charge in [0.2, 0.25) is 0 Å². The standard InChI is InChI=1S/C9H15S.ClH/c1-3-4-7-10-8-5-6-9(10)2;/h5-6,8H,3-4,7H2,1-2H3;1H/q+1;/p-1. The lowest BCUT2D eigenvalue weighted by molar-refractivity contribution is -0.00000219. The van der Waals surface area contributed by atoms with E-state index in [9.17, 15) is 0 Å². The van der Waals surface area contributed by atoms with Gasteiger partial charge >= 0.3 is 0 Å². The SMILES string of the molecule is CCCC[s+]1cccc1C.[Cl-]. The number of aryl methyl sites for hydroxylation is 2. The molecule has 0 aliphatic rings. The molecule has 2 heteroatoms. The molecular weight excluding hydrogens is 176 g/mol. The van der Waals surface area contributed by atoms with Crippen LogP contribution in [0, 0.1) is 6.92 Å². The second-order valence-electron chi connectivity index (χ2n) is 2.59. The van der Waals surface area contributed by atoms with Gasteiger partial charge in [0.25, 0.3) is 0 Å². The Morgan fingerprint density at radius 2 is 2.18 bits per heavy atom. The van der Waals surface area contributed by atoms with Crippen molar-refractivity contribution in [1.29, 1.82) is 0 Å². The van der Waals surface area contributed by atoms with Crippen LogP contribution in [0.25, 0.3) is 0 Å². The van der Waals surface area contributed by atoms with Gasteiger partial charge in [-0.2, -0.15) is 0 Å². The summed E-state index contributed by atoms with van der Waals surface area (Å²) in [7, 11) is 0.509. The fourth-order valence-corrected chi connectivity index (χ4v) is 2.79. The van der Waals surface area contributed by atoms with Crippen molar-refractivity contribution in [2.75, 3.05) is 0 Å². The summed E-state index contributed by atoms with van der Waals surface area (Å²) in [4.78, 5) is 1.56. The van der Waals surface area contributed by atoms with E-state index in [1.807, 2.05) is 0 Å². The van der Waals surface area contributed by atoms with Crippen LogP contribution >= 0.6 is 10.5 Å². The average Bonchev–Trinajstić information content (AvgIpc) is 2.31. The van der Waals surface area contributed by atoms with Crippen molar-refractivity contribution in [1.82, 2.24) is 0 Å². The molecule has 0 nitrogen and oxygen atoms in total.